The molecule has 1 aromatic carbocycles. The van der Waals surface area contributed by atoms with E-state index in [0.717, 1.165) is 38.1 Å². The van der Waals surface area contributed by atoms with Gasteiger partial charge in [-0.05, 0) is 43.2 Å². The van der Waals surface area contributed by atoms with Crippen LogP contribution >= 0.6 is 0 Å². The molecule has 1 aliphatic rings. The maximum atomic E-state index is 11.2. The molecule has 1 N–H and O–H groups in total. The molecule has 3 rings (SSSR count). The van der Waals surface area contributed by atoms with Gasteiger partial charge in [0.25, 0.3) is 0 Å². The van der Waals surface area contributed by atoms with Crippen molar-refractivity contribution in [3.05, 3.63) is 47.7 Å². The predicted octanol–water partition coefficient (Wildman–Crippen LogP) is 2.40. The highest BCUT2D eigenvalue weighted by molar-refractivity contribution is 7.92. The van der Waals surface area contributed by atoms with Crippen molar-refractivity contribution < 1.29 is 8.42 Å². The molecule has 2 aromatic rings. The number of nitrogens with zero attached hydrogens (tertiary/aromatic N) is 3. The third-order valence-electron chi connectivity index (χ3n) is 4.60. The Morgan fingerprint density at radius 2 is 1.68 bits per heavy atom. The molecule has 2 heterocycles. The molecule has 0 aliphatic carbocycles. The van der Waals surface area contributed by atoms with Gasteiger partial charge in [0, 0.05) is 31.9 Å². The van der Waals surface area contributed by atoms with Gasteiger partial charge in [0.15, 0.2) is 0 Å². The molecule has 0 unspecified atom stereocenters. The SMILES string of the molecule is Cc1cccc(N2CCN(c3ccc(NS(C)(=O)=O)nc3)CC2)c1C. The number of benzene rings is 1. The minimum Gasteiger partial charge on any atom is -0.368 e. The van der Waals surface area contributed by atoms with Crippen molar-refractivity contribution in [2.45, 2.75) is 13.8 Å². The van der Waals surface area contributed by atoms with Crippen LogP contribution in [0.3, 0.4) is 0 Å². The van der Waals surface area contributed by atoms with Crippen molar-refractivity contribution in [3.63, 3.8) is 0 Å². The highest BCUT2D eigenvalue weighted by Crippen LogP contribution is 2.25. The van der Waals surface area contributed by atoms with Crippen LogP contribution in [0.4, 0.5) is 17.2 Å². The highest BCUT2D eigenvalue weighted by atomic mass is 32.2. The molecule has 0 radical (unpaired) electrons. The predicted molar refractivity (Wildman–Crippen MR) is 103 cm³/mol. The van der Waals surface area contributed by atoms with Crippen molar-refractivity contribution in [1.82, 2.24) is 4.98 Å². The first-order chi connectivity index (χ1) is 11.8. The molecular formula is C18H24N4O2S. The van der Waals surface area contributed by atoms with Crippen molar-refractivity contribution >= 4 is 27.2 Å². The fourth-order valence-corrected chi connectivity index (χ4v) is 3.61. The number of rotatable bonds is 4. The van der Waals surface area contributed by atoms with Crippen LogP contribution < -0.4 is 14.5 Å². The maximum absolute atomic E-state index is 11.2. The van der Waals surface area contributed by atoms with Gasteiger partial charge < -0.3 is 9.80 Å². The number of hydrogen-bond donors (Lipinski definition) is 1. The zero-order chi connectivity index (χ0) is 18.0. The van der Waals surface area contributed by atoms with E-state index in [4.69, 9.17) is 0 Å². The van der Waals surface area contributed by atoms with Crippen LogP contribution in [0.5, 0.6) is 0 Å². The fourth-order valence-electron chi connectivity index (χ4n) is 3.11. The molecule has 1 saturated heterocycles. The third kappa shape index (κ3) is 4.22. The van der Waals surface area contributed by atoms with Crippen molar-refractivity contribution in [2.24, 2.45) is 0 Å². The maximum Gasteiger partial charge on any atom is 0.230 e. The average molecular weight is 360 g/mol. The monoisotopic (exact) mass is 360 g/mol. The molecule has 0 bridgehead atoms. The van der Waals surface area contributed by atoms with Gasteiger partial charge in [-0.3, -0.25) is 4.72 Å². The fraction of sp³-hybridized carbons (Fsp3) is 0.389. The Balaban J connectivity index is 1.65. The normalized spacial score (nSPS) is 15.3. The standard InChI is InChI=1S/C18H24N4O2S/c1-14-5-4-6-17(15(14)2)22-11-9-21(10-12-22)16-7-8-18(19-13-16)20-25(3,23)24/h4-8,13H,9-12H2,1-3H3,(H,19,20). The molecule has 0 atom stereocenters. The molecule has 6 nitrogen and oxygen atoms in total. The Hall–Kier alpha value is -2.28. The topological polar surface area (TPSA) is 65.5 Å². The zero-order valence-corrected chi connectivity index (χ0v) is 15.7. The summed E-state index contributed by atoms with van der Waals surface area (Å²) in [6.45, 7) is 8.05. The molecule has 0 amide bonds. The first kappa shape index (κ1) is 17.5. The van der Waals surface area contributed by atoms with E-state index in [0.29, 0.717) is 5.82 Å². The van der Waals surface area contributed by atoms with Gasteiger partial charge in [0.1, 0.15) is 5.82 Å². The molecular weight excluding hydrogens is 336 g/mol. The molecule has 1 fully saturated rings. The van der Waals surface area contributed by atoms with Crippen molar-refractivity contribution in [2.75, 3.05) is 47.0 Å². The molecule has 1 aliphatic heterocycles. The summed E-state index contributed by atoms with van der Waals surface area (Å²) in [5.74, 6) is 0.347. The summed E-state index contributed by atoms with van der Waals surface area (Å²) in [5.41, 5.74) is 4.98. The van der Waals surface area contributed by atoms with Gasteiger partial charge in [-0.15, -0.1) is 0 Å². The van der Waals surface area contributed by atoms with Gasteiger partial charge in [-0.2, -0.15) is 0 Å². The van der Waals surface area contributed by atoms with Crippen LogP contribution in [0.25, 0.3) is 0 Å². The summed E-state index contributed by atoms with van der Waals surface area (Å²) >= 11 is 0. The van der Waals surface area contributed by atoms with Crippen LogP contribution in [0, 0.1) is 13.8 Å². The summed E-state index contributed by atoms with van der Waals surface area (Å²) in [5, 5.41) is 0. The lowest BCUT2D eigenvalue weighted by molar-refractivity contribution is 0.606. The van der Waals surface area contributed by atoms with Crippen LogP contribution in [0.1, 0.15) is 11.1 Å². The van der Waals surface area contributed by atoms with E-state index in [1.54, 1.807) is 12.3 Å². The molecule has 7 heteroatoms. The first-order valence-corrected chi connectivity index (χ1v) is 10.2. The van der Waals surface area contributed by atoms with E-state index in [1.165, 1.54) is 16.8 Å². The molecule has 0 saturated carbocycles. The van der Waals surface area contributed by atoms with Crippen LogP contribution in [0.2, 0.25) is 0 Å². The van der Waals surface area contributed by atoms with E-state index in [-0.39, 0.29) is 0 Å². The van der Waals surface area contributed by atoms with Gasteiger partial charge in [0.05, 0.1) is 18.1 Å². The van der Waals surface area contributed by atoms with E-state index < -0.39 is 10.0 Å². The number of nitrogens with one attached hydrogen (secondary N) is 1. The number of aryl methyl sites for hydroxylation is 1. The lowest BCUT2D eigenvalue weighted by Crippen LogP contribution is -2.46. The van der Waals surface area contributed by atoms with Gasteiger partial charge in [0.2, 0.25) is 10.0 Å². The Kier molecular flexibility index (Phi) is 4.85. The summed E-state index contributed by atoms with van der Waals surface area (Å²) in [4.78, 5) is 8.90. The van der Waals surface area contributed by atoms with Crippen molar-refractivity contribution in [3.8, 4) is 0 Å². The average Bonchev–Trinajstić information content (AvgIpc) is 2.57. The Bertz CT molecular complexity index is 842. The zero-order valence-electron chi connectivity index (χ0n) is 14.9. The molecule has 134 valence electrons. The number of pyridine rings is 1. The van der Waals surface area contributed by atoms with E-state index in [1.807, 2.05) is 6.07 Å². The summed E-state index contributed by atoms with van der Waals surface area (Å²) in [6, 6.07) is 10.1. The minimum atomic E-state index is -3.29. The second-order valence-corrected chi connectivity index (χ2v) is 8.22. The second kappa shape index (κ2) is 6.92. The lowest BCUT2D eigenvalue weighted by Gasteiger charge is -2.38. The number of piperazine rings is 1. The second-order valence-electron chi connectivity index (χ2n) is 6.47. The summed E-state index contributed by atoms with van der Waals surface area (Å²) in [7, 11) is -3.29. The van der Waals surface area contributed by atoms with Gasteiger partial charge in [-0.25, -0.2) is 13.4 Å². The van der Waals surface area contributed by atoms with Crippen LogP contribution in [-0.2, 0) is 10.0 Å². The Morgan fingerprint density at radius 3 is 2.28 bits per heavy atom. The quantitative estimate of drug-likeness (QED) is 0.907. The number of aromatic nitrogens is 1. The lowest BCUT2D eigenvalue weighted by atomic mass is 10.1. The molecule has 0 spiro atoms. The van der Waals surface area contributed by atoms with Gasteiger partial charge in [-0.1, -0.05) is 12.1 Å². The number of sulfonamides is 1. The summed E-state index contributed by atoms with van der Waals surface area (Å²) in [6.07, 6.45) is 2.84. The number of hydrogen-bond acceptors (Lipinski definition) is 5. The third-order valence-corrected chi connectivity index (χ3v) is 5.18. The largest absolute Gasteiger partial charge is 0.368 e. The molecule has 1 aromatic heterocycles. The van der Waals surface area contributed by atoms with E-state index >= 15 is 0 Å². The first-order valence-electron chi connectivity index (χ1n) is 8.33. The van der Waals surface area contributed by atoms with E-state index in [2.05, 4.69) is 51.6 Å². The number of anilines is 3. The smallest absolute Gasteiger partial charge is 0.230 e. The minimum absolute atomic E-state index is 0.347. The van der Waals surface area contributed by atoms with Gasteiger partial charge >= 0.3 is 0 Å². The molecule has 25 heavy (non-hydrogen) atoms. The Labute approximate surface area is 149 Å². The summed E-state index contributed by atoms with van der Waals surface area (Å²) < 4.78 is 24.9. The van der Waals surface area contributed by atoms with E-state index in [9.17, 15) is 8.42 Å². The Morgan fingerprint density at radius 1 is 1.00 bits per heavy atom. The van der Waals surface area contributed by atoms with Crippen molar-refractivity contribution in [1.29, 1.82) is 0 Å². The van der Waals surface area contributed by atoms with Crippen LogP contribution in [-0.4, -0.2) is 45.8 Å². The van der Waals surface area contributed by atoms with Crippen LogP contribution in [0.15, 0.2) is 36.5 Å². The highest BCUT2D eigenvalue weighted by Gasteiger charge is 2.19.